The van der Waals surface area contributed by atoms with E-state index in [1.54, 1.807) is 0 Å². The van der Waals surface area contributed by atoms with E-state index in [0.29, 0.717) is 0 Å². The van der Waals surface area contributed by atoms with Gasteiger partial charge in [-0.1, -0.05) is 17.7 Å². The molecule has 0 saturated carbocycles. The minimum Gasteiger partial charge on any atom is -0.371 e. The van der Waals surface area contributed by atoms with Crippen LogP contribution in [0.25, 0.3) is 0 Å². The summed E-state index contributed by atoms with van der Waals surface area (Å²) in [6.45, 7) is 4.48. The van der Waals surface area contributed by atoms with Crippen LogP contribution in [0.15, 0.2) is 24.3 Å². The van der Waals surface area contributed by atoms with Gasteiger partial charge in [0.2, 0.25) is 0 Å². The van der Waals surface area contributed by atoms with Crippen LogP contribution in [-0.2, 0) is 0 Å². The van der Waals surface area contributed by atoms with Gasteiger partial charge in [0.1, 0.15) is 0 Å². The van der Waals surface area contributed by atoms with Crippen molar-refractivity contribution in [1.29, 1.82) is 0 Å². The molecule has 0 aliphatic carbocycles. The third-order valence-corrected chi connectivity index (χ3v) is 2.97. The molecule has 1 N–H and O–H groups in total. The predicted molar refractivity (Wildman–Crippen MR) is 65.8 cm³/mol. The van der Waals surface area contributed by atoms with Crippen molar-refractivity contribution in [1.82, 2.24) is 5.32 Å². The zero-order chi connectivity index (χ0) is 10.5. The second-order valence-corrected chi connectivity index (χ2v) is 4.36. The zero-order valence-corrected chi connectivity index (χ0v) is 9.63. The van der Waals surface area contributed by atoms with Crippen molar-refractivity contribution < 1.29 is 0 Å². The highest BCUT2D eigenvalue weighted by Gasteiger charge is 2.08. The third kappa shape index (κ3) is 3.11. The third-order valence-electron chi connectivity index (χ3n) is 2.74. The van der Waals surface area contributed by atoms with Crippen molar-refractivity contribution in [2.75, 3.05) is 31.1 Å². The summed E-state index contributed by atoms with van der Waals surface area (Å²) in [6, 6.07) is 8.14. The maximum Gasteiger partial charge on any atom is 0.0426 e. The molecule has 82 valence electrons. The van der Waals surface area contributed by atoms with Crippen molar-refractivity contribution >= 4 is 17.3 Å². The van der Waals surface area contributed by atoms with Crippen molar-refractivity contribution in [2.24, 2.45) is 0 Å². The van der Waals surface area contributed by atoms with Crippen LogP contribution in [0.5, 0.6) is 0 Å². The molecule has 1 aliphatic rings. The van der Waals surface area contributed by atoms with Gasteiger partial charge in [-0.2, -0.15) is 0 Å². The molecule has 3 heteroatoms. The number of hydrogen-bond donors (Lipinski definition) is 1. The maximum atomic E-state index is 6.00. The van der Waals surface area contributed by atoms with Crippen molar-refractivity contribution in [3.05, 3.63) is 29.3 Å². The van der Waals surface area contributed by atoms with Gasteiger partial charge in [-0.25, -0.2) is 0 Å². The summed E-state index contributed by atoms with van der Waals surface area (Å²) >= 11 is 6.00. The van der Waals surface area contributed by atoms with Crippen LogP contribution >= 0.6 is 11.6 Å². The number of rotatable bonds is 1. The minimum atomic E-state index is 0.827. The largest absolute Gasteiger partial charge is 0.371 e. The Labute approximate surface area is 96.2 Å². The summed E-state index contributed by atoms with van der Waals surface area (Å²) in [4.78, 5) is 2.42. The maximum absolute atomic E-state index is 6.00. The van der Waals surface area contributed by atoms with Gasteiger partial charge in [0, 0.05) is 23.8 Å². The van der Waals surface area contributed by atoms with Crippen LogP contribution in [0, 0.1) is 0 Å². The van der Waals surface area contributed by atoms with Gasteiger partial charge in [-0.3, -0.25) is 0 Å². The highest BCUT2D eigenvalue weighted by Crippen LogP contribution is 2.20. The molecule has 2 nitrogen and oxygen atoms in total. The molecule has 0 aromatic heterocycles. The second kappa shape index (κ2) is 5.38. The van der Waals surface area contributed by atoms with Crippen molar-refractivity contribution in [3.8, 4) is 0 Å². The molecule has 0 unspecified atom stereocenters. The molecule has 1 aromatic rings. The van der Waals surface area contributed by atoms with Gasteiger partial charge in [0.15, 0.2) is 0 Å². The average Bonchev–Trinajstić information content (AvgIpc) is 2.16. The number of benzene rings is 1. The average molecular weight is 225 g/mol. The molecule has 0 radical (unpaired) electrons. The molecular formula is C12H17ClN2. The first-order valence-electron chi connectivity index (χ1n) is 5.57. The Morgan fingerprint density at radius 3 is 2.53 bits per heavy atom. The van der Waals surface area contributed by atoms with Gasteiger partial charge in [-0.15, -0.1) is 0 Å². The molecule has 0 amide bonds. The lowest BCUT2D eigenvalue weighted by Crippen LogP contribution is -2.33. The van der Waals surface area contributed by atoms with E-state index >= 15 is 0 Å². The Bertz CT molecular complexity index is 306. The molecular weight excluding hydrogens is 208 g/mol. The lowest BCUT2D eigenvalue weighted by atomic mass is 10.2. The summed E-state index contributed by atoms with van der Waals surface area (Å²) in [6.07, 6.45) is 2.40. The highest BCUT2D eigenvalue weighted by atomic mass is 35.5. The topological polar surface area (TPSA) is 15.3 Å². The quantitative estimate of drug-likeness (QED) is 0.789. The van der Waals surface area contributed by atoms with E-state index in [4.69, 9.17) is 11.6 Å². The number of halogens is 1. The minimum absolute atomic E-state index is 0.827. The van der Waals surface area contributed by atoms with Crippen LogP contribution in [-0.4, -0.2) is 26.2 Å². The molecule has 15 heavy (non-hydrogen) atoms. The van der Waals surface area contributed by atoms with E-state index in [1.165, 1.54) is 18.5 Å². The van der Waals surface area contributed by atoms with Gasteiger partial charge >= 0.3 is 0 Å². The molecule has 0 bridgehead atoms. The molecule has 1 heterocycles. The van der Waals surface area contributed by atoms with Gasteiger partial charge < -0.3 is 10.2 Å². The van der Waals surface area contributed by atoms with E-state index in [1.807, 2.05) is 12.1 Å². The van der Waals surface area contributed by atoms with E-state index in [-0.39, 0.29) is 0 Å². The molecule has 1 fully saturated rings. The molecule has 0 spiro atoms. The number of nitrogens with one attached hydrogen (secondary N) is 1. The van der Waals surface area contributed by atoms with Crippen LogP contribution in [0.1, 0.15) is 12.8 Å². The Morgan fingerprint density at radius 1 is 1.13 bits per heavy atom. The normalized spacial score (nSPS) is 18.3. The fourth-order valence-electron chi connectivity index (χ4n) is 1.96. The van der Waals surface area contributed by atoms with Crippen LogP contribution in [0.2, 0.25) is 5.02 Å². The first-order valence-corrected chi connectivity index (χ1v) is 5.95. The van der Waals surface area contributed by atoms with Crippen LogP contribution in [0.3, 0.4) is 0 Å². The monoisotopic (exact) mass is 224 g/mol. The van der Waals surface area contributed by atoms with Gasteiger partial charge in [0.25, 0.3) is 0 Å². The molecule has 1 aliphatic heterocycles. The van der Waals surface area contributed by atoms with E-state index in [9.17, 15) is 0 Å². The summed E-state index contributed by atoms with van der Waals surface area (Å²) in [5.74, 6) is 0. The molecule has 2 rings (SSSR count). The van der Waals surface area contributed by atoms with Crippen molar-refractivity contribution in [2.45, 2.75) is 12.8 Å². The number of anilines is 1. The summed E-state index contributed by atoms with van der Waals surface area (Å²) in [5, 5.41) is 4.24. The lowest BCUT2D eigenvalue weighted by molar-refractivity contribution is 0.567. The molecule has 0 atom stereocenters. The van der Waals surface area contributed by atoms with Crippen LogP contribution < -0.4 is 10.2 Å². The van der Waals surface area contributed by atoms with Crippen LogP contribution in [0.4, 0.5) is 5.69 Å². The lowest BCUT2D eigenvalue weighted by Gasteiger charge is -2.27. The first-order chi connectivity index (χ1) is 7.36. The Morgan fingerprint density at radius 2 is 1.87 bits per heavy atom. The first kappa shape index (κ1) is 10.8. The Kier molecular flexibility index (Phi) is 3.87. The smallest absolute Gasteiger partial charge is 0.0426 e. The molecule has 1 aromatic carbocycles. The fraction of sp³-hybridized carbons (Fsp3) is 0.500. The van der Waals surface area contributed by atoms with E-state index in [0.717, 1.165) is 31.2 Å². The number of hydrogen-bond acceptors (Lipinski definition) is 2. The van der Waals surface area contributed by atoms with Gasteiger partial charge in [0.05, 0.1) is 0 Å². The fourth-order valence-corrected chi connectivity index (χ4v) is 2.14. The van der Waals surface area contributed by atoms with E-state index < -0.39 is 0 Å². The van der Waals surface area contributed by atoms with Gasteiger partial charge in [-0.05, 0) is 44.1 Å². The standard InChI is InChI=1S/C12H17ClN2/c13-11-4-1-5-12(10-11)15-8-2-6-14-7-3-9-15/h1,4-5,10,14H,2-3,6-9H2. The second-order valence-electron chi connectivity index (χ2n) is 3.92. The Hall–Kier alpha value is -0.730. The number of nitrogens with zero attached hydrogens (tertiary/aromatic N) is 1. The zero-order valence-electron chi connectivity index (χ0n) is 8.88. The molecule has 1 saturated heterocycles. The SMILES string of the molecule is Clc1cccc(N2CCCNCCC2)c1. The highest BCUT2D eigenvalue weighted by molar-refractivity contribution is 6.30. The predicted octanol–water partition coefficient (Wildman–Crippen LogP) is 2.53. The van der Waals surface area contributed by atoms with Crippen molar-refractivity contribution in [3.63, 3.8) is 0 Å². The Balaban J connectivity index is 2.06. The van der Waals surface area contributed by atoms with E-state index in [2.05, 4.69) is 22.3 Å². The summed E-state index contributed by atoms with van der Waals surface area (Å²) in [7, 11) is 0. The summed E-state index contributed by atoms with van der Waals surface area (Å²) in [5.41, 5.74) is 1.25. The summed E-state index contributed by atoms with van der Waals surface area (Å²) < 4.78 is 0.